The number of hydrogen-bond acceptors (Lipinski definition) is 3. The van der Waals surface area contributed by atoms with Gasteiger partial charge in [-0.15, -0.1) is 0 Å². The quantitative estimate of drug-likeness (QED) is 0.689. The summed E-state index contributed by atoms with van der Waals surface area (Å²) in [6.07, 6.45) is 0.178. The van der Waals surface area contributed by atoms with E-state index in [-0.39, 0.29) is 17.8 Å². The van der Waals surface area contributed by atoms with Crippen LogP contribution >= 0.6 is 0 Å². The van der Waals surface area contributed by atoms with Crippen molar-refractivity contribution in [2.75, 3.05) is 0 Å². The van der Waals surface area contributed by atoms with Gasteiger partial charge in [0.05, 0.1) is 5.56 Å². The van der Waals surface area contributed by atoms with Crippen molar-refractivity contribution in [1.82, 2.24) is 0 Å². The smallest absolute Gasteiger partial charge is 0.166 e. The fourth-order valence-corrected chi connectivity index (χ4v) is 0.965. The molecule has 4 heteroatoms. The van der Waals surface area contributed by atoms with Gasteiger partial charge in [0.15, 0.2) is 17.3 Å². The van der Waals surface area contributed by atoms with Gasteiger partial charge in [-0.2, -0.15) is 0 Å². The van der Waals surface area contributed by atoms with E-state index in [0.717, 1.165) is 12.1 Å². The minimum absolute atomic E-state index is 0.0993. The van der Waals surface area contributed by atoms with Crippen molar-refractivity contribution in [2.45, 2.75) is 13.3 Å². The number of hydrogen-bond donors (Lipinski definition) is 2. The van der Waals surface area contributed by atoms with Crippen LogP contribution < -0.4 is 0 Å². The van der Waals surface area contributed by atoms with Crippen molar-refractivity contribution in [3.05, 3.63) is 23.5 Å². The van der Waals surface area contributed by atoms with Gasteiger partial charge in [-0.05, 0) is 6.07 Å². The molecule has 3 nitrogen and oxygen atoms in total. The standard InChI is InChI=1S/C9H9FO3/c1-2-7(11)5-3-6(10)9(13)4-8(5)12/h3-4,12-13H,2H2,1H3. The molecule has 0 atom stereocenters. The van der Waals surface area contributed by atoms with Crippen molar-refractivity contribution in [3.8, 4) is 11.5 Å². The highest BCUT2D eigenvalue weighted by atomic mass is 19.1. The van der Waals surface area contributed by atoms with Crippen molar-refractivity contribution in [3.63, 3.8) is 0 Å². The number of benzene rings is 1. The van der Waals surface area contributed by atoms with Gasteiger partial charge in [-0.25, -0.2) is 4.39 Å². The molecule has 0 spiro atoms. The summed E-state index contributed by atoms with van der Waals surface area (Å²) in [6.45, 7) is 1.60. The lowest BCUT2D eigenvalue weighted by molar-refractivity contribution is 0.0985. The number of carbonyl (C=O) groups is 1. The minimum Gasteiger partial charge on any atom is -0.507 e. The highest BCUT2D eigenvalue weighted by molar-refractivity contribution is 5.98. The van der Waals surface area contributed by atoms with Crippen LogP contribution in [0.4, 0.5) is 4.39 Å². The lowest BCUT2D eigenvalue weighted by Gasteiger charge is -2.03. The number of phenols is 2. The Morgan fingerprint density at radius 1 is 1.38 bits per heavy atom. The Morgan fingerprint density at radius 2 is 2.00 bits per heavy atom. The molecule has 0 unspecified atom stereocenters. The zero-order valence-corrected chi connectivity index (χ0v) is 7.04. The van der Waals surface area contributed by atoms with Crippen molar-refractivity contribution in [2.24, 2.45) is 0 Å². The molecule has 0 amide bonds. The molecule has 0 saturated heterocycles. The Bertz CT molecular complexity index is 347. The van der Waals surface area contributed by atoms with Crippen LogP contribution in [0.25, 0.3) is 0 Å². The van der Waals surface area contributed by atoms with E-state index < -0.39 is 17.3 Å². The molecule has 0 saturated carbocycles. The van der Waals surface area contributed by atoms with Gasteiger partial charge >= 0.3 is 0 Å². The van der Waals surface area contributed by atoms with Crippen LogP contribution in [-0.4, -0.2) is 16.0 Å². The predicted molar refractivity (Wildman–Crippen MR) is 44.4 cm³/mol. The molecule has 0 aliphatic carbocycles. The maximum absolute atomic E-state index is 12.7. The van der Waals surface area contributed by atoms with E-state index in [9.17, 15) is 9.18 Å². The van der Waals surface area contributed by atoms with Crippen LogP contribution in [0.2, 0.25) is 0 Å². The number of phenolic OH excluding ortho intramolecular Hbond substituents is 2. The molecule has 0 fully saturated rings. The summed E-state index contributed by atoms with van der Waals surface area (Å²) in [5.74, 6) is -2.33. The third kappa shape index (κ3) is 1.77. The summed E-state index contributed by atoms with van der Waals surface area (Å²) in [5.41, 5.74) is -0.0993. The van der Waals surface area contributed by atoms with Crippen LogP contribution in [-0.2, 0) is 0 Å². The van der Waals surface area contributed by atoms with E-state index in [1.807, 2.05) is 0 Å². The topological polar surface area (TPSA) is 57.5 Å². The van der Waals surface area contributed by atoms with E-state index in [0.29, 0.717) is 0 Å². The van der Waals surface area contributed by atoms with Gasteiger partial charge in [0, 0.05) is 12.5 Å². The normalized spacial score (nSPS) is 10.0. The molecule has 13 heavy (non-hydrogen) atoms. The molecule has 0 aromatic heterocycles. The molecular weight excluding hydrogens is 175 g/mol. The SMILES string of the molecule is CCC(=O)c1cc(F)c(O)cc1O. The molecule has 0 bridgehead atoms. The van der Waals surface area contributed by atoms with Gasteiger partial charge in [0.1, 0.15) is 5.75 Å². The first kappa shape index (κ1) is 9.51. The lowest BCUT2D eigenvalue weighted by atomic mass is 10.1. The maximum atomic E-state index is 12.7. The Hall–Kier alpha value is -1.58. The molecule has 0 radical (unpaired) electrons. The van der Waals surface area contributed by atoms with Crippen molar-refractivity contribution in [1.29, 1.82) is 0 Å². The maximum Gasteiger partial charge on any atom is 0.166 e. The van der Waals surface area contributed by atoms with Gasteiger partial charge in [-0.3, -0.25) is 4.79 Å². The average molecular weight is 184 g/mol. The number of halogens is 1. The molecule has 1 aromatic rings. The van der Waals surface area contributed by atoms with Crippen LogP contribution in [0.15, 0.2) is 12.1 Å². The average Bonchev–Trinajstić information content (AvgIpc) is 2.10. The minimum atomic E-state index is -0.908. The monoisotopic (exact) mass is 184 g/mol. The molecule has 70 valence electrons. The Morgan fingerprint density at radius 3 is 2.54 bits per heavy atom. The summed E-state index contributed by atoms with van der Waals surface area (Å²) in [6, 6.07) is 1.65. The number of rotatable bonds is 2. The van der Waals surface area contributed by atoms with Gasteiger partial charge in [0.2, 0.25) is 0 Å². The van der Waals surface area contributed by atoms with E-state index >= 15 is 0 Å². The lowest BCUT2D eigenvalue weighted by Crippen LogP contribution is -1.97. The summed E-state index contributed by atoms with van der Waals surface area (Å²) >= 11 is 0. The van der Waals surface area contributed by atoms with Crippen LogP contribution in [0.3, 0.4) is 0 Å². The second kappa shape index (κ2) is 3.43. The fraction of sp³-hybridized carbons (Fsp3) is 0.222. The van der Waals surface area contributed by atoms with E-state index in [2.05, 4.69) is 0 Å². The fourth-order valence-electron chi connectivity index (χ4n) is 0.965. The molecular formula is C9H9FO3. The van der Waals surface area contributed by atoms with Gasteiger partial charge < -0.3 is 10.2 Å². The first-order valence-electron chi connectivity index (χ1n) is 3.81. The highest BCUT2D eigenvalue weighted by Gasteiger charge is 2.13. The summed E-state index contributed by atoms with van der Waals surface area (Å²) in [4.78, 5) is 11.1. The number of ketones is 1. The zero-order valence-electron chi connectivity index (χ0n) is 7.04. The Labute approximate surface area is 74.4 Å². The van der Waals surface area contributed by atoms with Gasteiger partial charge in [-0.1, -0.05) is 6.92 Å². The van der Waals surface area contributed by atoms with Crippen molar-refractivity contribution >= 4 is 5.78 Å². The summed E-state index contributed by atoms with van der Waals surface area (Å²) in [5, 5.41) is 18.0. The van der Waals surface area contributed by atoms with Crippen LogP contribution in [0.5, 0.6) is 11.5 Å². The van der Waals surface area contributed by atoms with E-state index in [1.54, 1.807) is 6.92 Å². The molecule has 1 aromatic carbocycles. The second-order valence-corrected chi connectivity index (χ2v) is 2.60. The number of carbonyl (C=O) groups excluding carboxylic acids is 1. The number of aromatic hydroxyl groups is 2. The van der Waals surface area contributed by atoms with Crippen molar-refractivity contribution < 1.29 is 19.4 Å². The summed E-state index contributed by atoms with van der Waals surface area (Å²) in [7, 11) is 0. The van der Waals surface area contributed by atoms with E-state index in [1.165, 1.54) is 0 Å². The Balaban J connectivity index is 3.23. The Kier molecular flexibility index (Phi) is 2.51. The third-order valence-corrected chi connectivity index (χ3v) is 1.69. The van der Waals surface area contributed by atoms with E-state index in [4.69, 9.17) is 10.2 Å². The third-order valence-electron chi connectivity index (χ3n) is 1.69. The predicted octanol–water partition coefficient (Wildman–Crippen LogP) is 1.83. The zero-order chi connectivity index (χ0) is 10.0. The van der Waals surface area contributed by atoms with Crippen LogP contribution in [0.1, 0.15) is 23.7 Å². The molecule has 0 aliphatic heterocycles. The van der Waals surface area contributed by atoms with Gasteiger partial charge in [0.25, 0.3) is 0 Å². The number of Topliss-reactive ketones (excluding diaryl/α,β-unsaturated/α-hetero) is 1. The largest absolute Gasteiger partial charge is 0.507 e. The molecule has 2 N–H and O–H groups in total. The van der Waals surface area contributed by atoms with Crippen LogP contribution in [0, 0.1) is 5.82 Å². The molecule has 0 heterocycles. The highest BCUT2D eigenvalue weighted by Crippen LogP contribution is 2.26. The first-order chi connectivity index (χ1) is 6.06. The summed E-state index contributed by atoms with van der Waals surface area (Å²) < 4.78 is 12.7. The molecule has 0 aliphatic rings. The second-order valence-electron chi connectivity index (χ2n) is 2.60. The first-order valence-corrected chi connectivity index (χ1v) is 3.81. The molecule has 1 rings (SSSR count).